The van der Waals surface area contributed by atoms with Crippen LogP contribution >= 0.6 is 0 Å². The Hall–Kier alpha value is -8.83. The first-order chi connectivity index (χ1) is 43.9. The SMILES string of the molecule is CC(C)(C)OC(=O)N1CC=C(B2OC(C)(C)C(C)(C)O2)CC1.CC(C)(C)OC(=O)N1CC=C(c2ccncc2)CC1.Cc1ccncc1.O=C(N1CC=C(c2ccncc2)CC1)C(F)(F)F.O=C1CCc2cc(/C=C/C(=O)N3CC=C(c4ccncc4)CC3)cnc2N1. The first-order valence-electron chi connectivity index (χ1n) is 31.2. The number of nitrogens with zero attached hydrogens (tertiary/aromatic N) is 9. The van der Waals surface area contributed by atoms with Crippen LogP contribution in [0, 0.1) is 6.92 Å². The Morgan fingerprint density at radius 2 is 0.978 bits per heavy atom. The molecular formula is C70H86BF3N10O9. The number of aromatic nitrogens is 5. The molecule has 5 aromatic rings. The van der Waals surface area contributed by atoms with Crippen LogP contribution in [0.25, 0.3) is 22.8 Å². The number of fused-ring (bicyclic) bond motifs is 1. The summed E-state index contributed by atoms with van der Waals surface area (Å²) in [6.45, 7) is 25.4. The number of carbonyl (C=O) groups is 5. The second kappa shape index (κ2) is 32.1. The van der Waals surface area contributed by atoms with Gasteiger partial charge in [0.25, 0.3) is 0 Å². The first-order valence-corrected chi connectivity index (χ1v) is 31.2. The number of halogens is 3. The number of carbonyl (C=O) groups excluding carboxylic acids is 5. The molecule has 1 saturated heterocycles. The van der Waals surface area contributed by atoms with Crippen LogP contribution in [0.5, 0.6) is 0 Å². The van der Waals surface area contributed by atoms with Crippen molar-refractivity contribution < 1.29 is 55.9 Å². The summed E-state index contributed by atoms with van der Waals surface area (Å²) in [7, 11) is -0.314. The molecule has 11 rings (SSSR count). The smallest absolute Gasteiger partial charge is 0.444 e. The molecule has 0 radical (unpaired) electrons. The number of anilines is 1. The number of hydrogen-bond donors (Lipinski definition) is 1. The molecule has 0 aliphatic carbocycles. The van der Waals surface area contributed by atoms with Crippen LogP contribution in [0.2, 0.25) is 0 Å². The standard InChI is InChI=1S/C21H20N4O2.C16H28BNO4.C15H20N2O2.C12H11F3N2O.C6H7N/c26-19-3-2-18-13-15(14-23-21(18)24-19)1-4-20(27)25-11-7-17(8-12-25)16-5-9-22-10-6-16;1-14(2,3)20-13(19)18-10-8-12(9-11-18)17-21-15(4,5)16(6,7)22-17;1-15(2,3)19-14(18)17-10-6-13(7-11-17)12-4-8-16-9-5-12;13-12(14,15)11(18)17-7-3-10(4-8-17)9-1-5-16-6-2-9;1-6-2-4-7-5-3-6/h1,4-7,9-10,13-14H,2-3,8,11-12H2,(H,23,24,26);8H,9-11H2,1-7H3;4-6,8-9H,7,10-11H2,1-3H3;1-3,5-6H,4,7-8H2;2-5H,1H3/b4-1+;;;;. The maximum absolute atomic E-state index is 12.5. The van der Waals surface area contributed by atoms with Gasteiger partial charge in [0.2, 0.25) is 11.8 Å². The fourth-order valence-electron chi connectivity index (χ4n) is 10.00. The van der Waals surface area contributed by atoms with Crippen LogP contribution in [0.3, 0.4) is 0 Å². The van der Waals surface area contributed by atoms with Gasteiger partial charge in [-0.25, -0.2) is 14.6 Å². The maximum atomic E-state index is 12.5. The van der Waals surface area contributed by atoms with Gasteiger partial charge in [0.05, 0.1) is 11.2 Å². The average Bonchev–Trinajstić information content (AvgIpc) is 1.65. The molecule has 5 aromatic heterocycles. The van der Waals surface area contributed by atoms with Gasteiger partial charge in [0.15, 0.2) is 0 Å². The van der Waals surface area contributed by atoms with Crippen LogP contribution in [-0.4, -0.2) is 162 Å². The number of ether oxygens (including phenoxy) is 2. The molecule has 1 N–H and O–H groups in total. The van der Waals surface area contributed by atoms with Gasteiger partial charge in [-0.2, -0.15) is 13.2 Å². The normalized spacial score (nSPS) is 17.7. The van der Waals surface area contributed by atoms with Crippen molar-refractivity contribution in [3.8, 4) is 0 Å². The van der Waals surface area contributed by atoms with E-state index < -0.39 is 23.3 Å². The van der Waals surface area contributed by atoms with Crippen molar-refractivity contribution >= 4 is 65.6 Å². The van der Waals surface area contributed by atoms with Crippen LogP contribution in [0.1, 0.15) is 135 Å². The third-order valence-corrected chi connectivity index (χ3v) is 15.9. The third-order valence-electron chi connectivity index (χ3n) is 15.9. The van der Waals surface area contributed by atoms with Crippen molar-refractivity contribution in [2.45, 2.75) is 143 Å². The minimum atomic E-state index is -4.79. The topological polar surface area (TPSA) is 212 Å². The highest BCUT2D eigenvalue weighted by Crippen LogP contribution is 2.40. The van der Waals surface area contributed by atoms with Gasteiger partial charge in [0.1, 0.15) is 17.0 Å². The van der Waals surface area contributed by atoms with Crippen LogP contribution in [0.4, 0.5) is 28.6 Å². The molecule has 0 aromatic carbocycles. The molecule has 6 aliphatic rings. The zero-order valence-corrected chi connectivity index (χ0v) is 55.2. The molecule has 0 unspecified atom stereocenters. The van der Waals surface area contributed by atoms with Gasteiger partial charge < -0.3 is 43.7 Å². The Bertz CT molecular complexity index is 3500. The Kier molecular flexibility index (Phi) is 24.8. The molecule has 5 amide bonds. The molecule has 0 bridgehead atoms. The lowest BCUT2D eigenvalue weighted by molar-refractivity contribution is -0.185. The van der Waals surface area contributed by atoms with Crippen molar-refractivity contribution in [1.82, 2.24) is 44.5 Å². The van der Waals surface area contributed by atoms with Crippen molar-refractivity contribution in [2.75, 3.05) is 57.7 Å². The van der Waals surface area contributed by atoms with Gasteiger partial charge in [-0.1, -0.05) is 24.3 Å². The molecule has 0 saturated carbocycles. The van der Waals surface area contributed by atoms with E-state index in [0.717, 1.165) is 51.9 Å². The van der Waals surface area contributed by atoms with Gasteiger partial charge >= 0.3 is 31.4 Å². The summed E-state index contributed by atoms with van der Waals surface area (Å²) in [5.74, 6) is -1.16. The van der Waals surface area contributed by atoms with Gasteiger partial charge in [-0.05, 0) is 225 Å². The summed E-state index contributed by atoms with van der Waals surface area (Å²) in [6.07, 6.45) is 25.6. The summed E-state index contributed by atoms with van der Waals surface area (Å²) in [5, 5.41) is 2.76. The minimum absolute atomic E-state index is 0.00208. The van der Waals surface area contributed by atoms with E-state index in [1.54, 1.807) is 95.9 Å². The van der Waals surface area contributed by atoms with E-state index in [4.69, 9.17) is 18.8 Å². The minimum Gasteiger partial charge on any atom is -0.444 e. The summed E-state index contributed by atoms with van der Waals surface area (Å²) < 4.78 is 59.6. The molecule has 0 spiro atoms. The molecule has 494 valence electrons. The maximum Gasteiger partial charge on any atom is 0.490 e. The number of rotatable bonds is 6. The van der Waals surface area contributed by atoms with E-state index in [2.05, 4.69) is 42.4 Å². The van der Waals surface area contributed by atoms with Crippen LogP contribution in [0.15, 0.2) is 146 Å². The fraction of sp³-hybridized carbons (Fsp3) is 0.429. The van der Waals surface area contributed by atoms with Gasteiger partial charge in [-0.3, -0.25) is 34.3 Å². The highest BCUT2D eigenvalue weighted by atomic mass is 19.4. The highest BCUT2D eigenvalue weighted by molar-refractivity contribution is 6.54. The highest BCUT2D eigenvalue weighted by Gasteiger charge is 2.52. The van der Waals surface area contributed by atoms with Crippen molar-refractivity contribution in [1.29, 1.82) is 0 Å². The van der Waals surface area contributed by atoms with Crippen molar-refractivity contribution in [3.05, 3.63) is 180 Å². The monoisotopic (exact) mass is 1280 g/mol. The van der Waals surface area contributed by atoms with E-state index in [-0.39, 0.29) is 55.4 Å². The average molecular weight is 1280 g/mol. The fourth-order valence-corrected chi connectivity index (χ4v) is 10.00. The summed E-state index contributed by atoms with van der Waals surface area (Å²) in [6, 6.07) is 17.5. The lowest BCUT2D eigenvalue weighted by Crippen LogP contribution is -2.43. The molecule has 0 atom stereocenters. The third kappa shape index (κ3) is 22.2. The predicted molar refractivity (Wildman–Crippen MR) is 353 cm³/mol. The van der Waals surface area contributed by atoms with Crippen LogP contribution < -0.4 is 5.32 Å². The number of amides is 5. The van der Waals surface area contributed by atoms with Gasteiger partial charge in [-0.15, -0.1) is 0 Å². The number of hydrogen-bond acceptors (Lipinski definition) is 14. The van der Waals surface area contributed by atoms with Crippen LogP contribution in [-0.2, 0) is 39.6 Å². The number of nitrogens with one attached hydrogen (secondary N) is 1. The molecule has 19 nitrogen and oxygen atoms in total. The number of aryl methyl sites for hydroxylation is 2. The number of alkyl halides is 3. The molecule has 11 heterocycles. The Balaban J connectivity index is 0.000000171. The van der Waals surface area contributed by atoms with Crippen molar-refractivity contribution in [2.24, 2.45) is 0 Å². The quantitative estimate of drug-likeness (QED) is 0.124. The summed E-state index contributed by atoms with van der Waals surface area (Å²) in [4.78, 5) is 85.0. The Labute approximate surface area is 544 Å². The lowest BCUT2D eigenvalue weighted by Gasteiger charge is -2.32. The molecule has 93 heavy (non-hydrogen) atoms. The Morgan fingerprint density at radius 1 is 0.570 bits per heavy atom. The zero-order chi connectivity index (χ0) is 67.6. The summed E-state index contributed by atoms with van der Waals surface area (Å²) >= 11 is 0. The van der Waals surface area contributed by atoms with E-state index >= 15 is 0 Å². The van der Waals surface area contributed by atoms with E-state index in [0.29, 0.717) is 64.3 Å². The molecule has 23 heteroatoms. The number of pyridine rings is 5. The molecule has 1 fully saturated rings. The molecular weight excluding hydrogens is 1190 g/mol. The second-order valence-electron chi connectivity index (χ2n) is 25.8. The van der Waals surface area contributed by atoms with E-state index in [9.17, 15) is 37.1 Å². The molecule has 6 aliphatic heterocycles. The Morgan fingerprint density at radius 3 is 1.35 bits per heavy atom. The zero-order valence-electron chi connectivity index (χ0n) is 55.2. The predicted octanol–water partition coefficient (Wildman–Crippen LogP) is 12.6. The van der Waals surface area contributed by atoms with Crippen molar-refractivity contribution in [3.63, 3.8) is 0 Å². The first kappa shape index (κ1) is 71.6. The van der Waals surface area contributed by atoms with E-state index in [1.165, 1.54) is 27.8 Å². The second-order valence-corrected chi connectivity index (χ2v) is 25.8. The van der Waals surface area contributed by atoms with E-state index in [1.807, 2.05) is 130 Å². The van der Waals surface area contributed by atoms with Gasteiger partial charge in [0, 0.05) is 121 Å². The largest absolute Gasteiger partial charge is 0.490 e. The summed E-state index contributed by atoms with van der Waals surface area (Å²) in [5.41, 5.74) is 9.42. The lowest BCUT2D eigenvalue weighted by atomic mass is 9.75.